The van der Waals surface area contributed by atoms with Crippen LogP contribution in [0.1, 0.15) is 24.8 Å². The average molecular weight is 254 g/mol. The Bertz CT molecular complexity index is 462. The molecule has 0 radical (unpaired) electrons. The second kappa shape index (κ2) is 7.47. The van der Waals surface area contributed by atoms with Gasteiger partial charge in [0.2, 0.25) is 0 Å². The number of rotatable bonds is 7. The van der Waals surface area contributed by atoms with E-state index in [1.807, 2.05) is 24.3 Å². The number of hydrogen-bond donors (Lipinski definition) is 2. The highest BCUT2D eigenvalue weighted by Crippen LogP contribution is 2.11. The molecular weight excluding hydrogens is 232 g/mol. The Morgan fingerprint density at radius 2 is 1.53 bits per heavy atom. The van der Waals surface area contributed by atoms with Gasteiger partial charge in [0, 0.05) is 17.9 Å². The summed E-state index contributed by atoms with van der Waals surface area (Å²) in [7, 11) is 0. The van der Waals surface area contributed by atoms with Crippen molar-refractivity contribution >= 4 is 11.4 Å². The Labute approximate surface area is 115 Å². The zero-order valence-corrected chi connectivity index (χ0v) is 11.3. The SMILES string of the molecule is Nc1ccc(NCCCCCc2ccccc2)cc1. The lowest BCUT2D eigenvalue weighted by Gasteiger charge is -2.06. The molecule has 3 N–H and O–H groups in total. The van der Waals surface area contributed by atoms with Crippen molar-refractivity contribution in [3.05, 3.63) is 60.2 Å². The topological polar surface area (TPSA) is 38.0 Å². The van der Waals surface area contributed by atoms with Crippen LogP contribution in [0.2, 0.25) is 0 Å². The Hall–Kier alpha value is -1.96. The van der Waals surface area contributed by atoms with E-state index in [1.165, 1.54) is 31.2 Å². The quantitative estimate of drug-likeness (QED) is 0.577. The summed E-state index contributed by atoms with van der Waals surface area (Å²) in [6.45, 7) is 1.03. The number of nitrogen functional groups attached to an aromatic ring is 1. The van der Waals surface area contributed by atoms with Crippen LogP contribution in [-0.4, -0.2) is 6.54 Å². The molecule has 0 aliphatic carbocycles. The molecule has 2 aromatic rings. The Balaban J connectivity index is 1.56. The molecule has 19 heavy (non-hydrogen) atoms. The molecule has 0 aromatic heterocycles. The lowest BCUT2D eigenvalue weighted by molar-refractivity contribution is 0.698. The molecule has 0 aliphatic heterocycles. The second-order valence-corrected chi connectivity index (χ2v) is 4.85. The van der Waals surface area contributed by atoms with Crippen molar-refractivity contribution in [1.29, 1.82) is 0 Å². The molecule has 0 heterocycles. The smallest absolute Gasteiger partial charge is 0.0341 e. The number of nitrogens with two attached hydrogens (primary N) is 1. The highest BCUT2D eigenvalue weighted by molar-refractivity contribution is 5.51. The van der Waals surface area contributed by atoms with E-state index in [2.05, 4.69) is 35.6 Å². The minimum Gasteiger partial charge on any atom is -0.399 e. The van der Waals surface area contributed by atoms with Crippen molar-refractivity contribution in [2.45, 2.75) is 25.7 Å². The zero-order valence-electron chi connectivity index (χ0n) is 11.3. The first-order chi connectivity index (χ1) is 9.34. The summed E-state index contributed by atoms with van der Waals surface area (Å²) >= 11 is 0. The first kappa shape index (κ1) is 13.5. The molecule has 2 rings (SSSR count). The molecule has 0 fully saturated rings. The summed E-state index contributed by atoms with van der Waals surface area (Å²) in [6.07, 6.45) is 4.91. The number of aryl methyl sites for hydroxylation is 1. The Morgan fingerprint density at radius 1 is 0.789 bits per heavy atom. The lowest BCUT2D eigenvalue weighted by atomic mass is 10.1. The van der Waals surface area contributed by atoms with Gasteiger partial charge in [-0.3, -0.25) is 0 Å². The third kappa shape index (κ3) is 5.04. The number of unbranched alkanes of at least 4 members (excludes halogenated alkanes) is 2. The van der Waals surface area contributed by atoms with E-state index in [0.717, 1.165) is 17.9 Å². The monoisotopic (exact) mass is 254 g/mol. The van der Waals surface area contributed by atoms with Gasteiger partial charge in [-0.25, -0.2) is 0 Å². The fraction of sp³-hybridized carbons (Fsp3) is 0.294. The molecule has 2 nitrogen and oxygen atoms in total. The fourth-order valence-corrected chi connectivity index (χ4v) is 2.11. The van der Waals surface area contributed by atoms with Crippen LogP contribution in [0.3, 0.4) is 0 Å². The molecule has 0 spiro atoms. The van der Waals surface area contributed by atoms with Gasteiger partial charge in [-0.2, -0.15) is 0 Å². The van der Waals surface area contributed by atoms with Crippen molar-refractivity contribution in [3.63, 3.8) is 0 Å². The van der Waals surface area contributed by atoms with Crippen LogP contribution in [0.5, 0.6) is 0 Å². The van der Waals surface area contributed by atoms with Crippen LogP contribution >= 0.6 is 0 Å². The summed E-state index contributed by atoms with van der Waals surface area (Å²) in [5.41, 5.74) is 9.05. The maximum Gasteiger partial charge on any atom is 0.0341 e. The van der Waals surface area contributed by atoms with Gasteiger partial charge in [-0.15, -0.1) is 0 Å². The van der Waals surface area contributed by atoms with Crippen LogP contribution in [-0.2, 0) is 6.42 Å². The van der Waals surface area contributed by atoms with Crippen molar-refractivity contribution in [2.75, 3.05) is 17.6 Å². The number of nitrogens with one attached hydrogen (secondary N) is 1. The van der Waals surface area contributed by atoms with E-state index in [-0.39, 0.29) is 0 Å². The first-order valence-electron chi connectivity index (χ1n) is 6.98. The van der Waals surface area contributed by atoms with Crippen LogP contribution in [0, 0.1) is 0 Å². The standard InChI is InChI=1S/C17H22N2/c18-16-10-12-17(13-11-16)19-14-6-2-5-9-15-7-3-1-4-8-15/h1,3-4,7-8,10-13,19H,2,5-6,9,14,18H2. The van der Waals surface area contributed by atoms with E-state index >= 15 is 0 Å². The molecule has 0 saturated heterocycles. The lowest BCUT2D eigenvalue weighted by Crippen LogP contribution is -2.01. The van der Waals surface area contributed by atoms with Gasteiger partial charge >= 0.3 is 0 Å². The van der Waals surface area contributed by atoms with Gasteiger partial charge in [-0.05, 0) is 49.1 Å². The molecule has 0 bridgehead atoms. The number of anilines is 2. The van der Waals surface area contributed by atoms with Gasteiger partial charge in [0.25, 0.3) is 0 Å². The van der Waals surface area contributed by atoms with E-state index in [9.17, 15) is 0 Å². The third-order valence-corrected chi connectivity index (χ3v) is 3.22. The largest absolute Gasteiger partial charge is 0.399 e. The summed E-state index contributed by atoms with van der Waals surface area (Å²) in [5.74, 6) is 0. The van der Waals surface area contributed by atoms with E-state index in [1.54, 1.807) is 0 Å². The summed E-state index contributed by atoms with van der Waals surface area (Å²) in [5, 5.41) is 3.41. The highest BCUT2D eigenvalue weighted by atomic mass is 14.9. The maximum atomic E-state index is 5.65. The van der Waals surface area contributed by atoms with Crippen LogP contribution in [0.15, 0.2) is 54.6 Å². The normalized spacial score (nSPS) is 10.3. The van der Waals surface area contributed by atoms with Crippen LogP contribution in [0.4, 0.5) is 11.4 Å². The summed E-state index contributed by atoms with van der Waals surface area (Å²) in [4.78, 5) is 0. The van der Waals surface area contributed by atoms with Gasteiger partial charge in [0.05, 0.1) is 0 Å². The second-order valence-electron chi connectivity index (χ2n) is 4.85. The van der Waals surface area contributed by atoms with Crippen molar-refractivity contribution < 1.29 is 0 Å². The molecule has 2 aromatic carbocycles. The minimum atomic E-state index is 0.813. The van der Waals surface area contributed by atoms with Gasteiger partial charge in [0.1, 0.15) is 0 Å². The zero-order chi connectivity index (χ0) is 13.3. The number of hydrogen-bond acceptors (Lipinski definition) is 2. The van der Waals surface area contributed by atoms with Gasteiger partial charge < -0.3 is 11.1 Å². The highest BCUT2D eigenvalue weighted by Gasteiger charge is 1.94. The molecule has 2 heteroatoms. The summed E-state index contributed by atoms with van der Waals surface area (Å²) < 4.78 is 0. The Kier molecular flexibility index (Phi) is 5.30. The third-order valence-electron chi connectivity index (χ3n) is 3.22. The maximum absolute atomic E-state index is 5.65. The predicted molar refractivity (Wildman–Crippen MR) is 83.3 cm³/mol. The van der Waals surface area contributed by atoms with Gasteiger partial charge in [-0.1, -0.05) is 36.8 Å². The van der Waals surface area contributed by atoms with Crippen LogP contribution < -0.4 is 11.1 Å². The molecule has 0 atom stereocenters. The average Bonchev–Trinajstić information content (AvgIpc) is 2.46. The van der Waals surface area contributed by atoms with E-state index in [4.69, 9.17) is 5.73 Å². The van der Waals surface area contributed by atoms with Crippen molar-refractivity contribution in [2.24, 2.45) is 0 Å². The molecular formula is C17H22N2. The summed E-state index contributed by atoms with van der Waals surface area (Å²) in [6, 6.07) is 18.6. The van der Waals surface area contributed by atoms with Crippen LogP contribution in [0.25, 0.3) is 0 Å². The molecule has 0 amide bonds. The number of benzene rings is 2. The fourth-order valence-electron chi connectivity index (χ4n) is 2.11. The Morgan fingerprint density at radius 3 is 2.26 bits per heavy atom. The molecule has 0 saturated carbocycles. The first-order valence-corrected chi connectivity index (χ1v) is 6.98. The van der Waals surface area contributed by atoms with Crippen molar-refractivity contribution in [1.82, 2.24) is 0 Å². The van der Waals surface area contributed by atoms with E-state index in [0.29, 0.717) is 0 Å². The van der Waals surface area contributed by atoms with E-state index < -0.39 is 0 Å². The van der Waals surface area contributed by atoms with Crippen molar-refractivity contribution in [3.8, 4) is 0 Å². The van der Waals surface area contributed by atoms with Gasteiger partial charge in [0.15, 0.2) is 0 Å². The molecule has 0 unspecified atom stereocenters. The minimum absolute atomic E-state index is 0.813. The molecule has 0 aliphatic rings. The molecule has 100 valence electrons. The predicted octanol–water partition coefficient (Wildman–Crippen LogP) is 4.09.